The molecule has 0 spiro atoms. The molecule has 7 heteroatoms. The molecule has 4 unspecified atom stereocenters. The van der Waals surface area contributed by atoms with E-state index in [1.54, 1.807) is 6.07 Å². The zero-order chi connectivity index (χ0) is 23.5. The third kappa shape index (κ3) is 4.91. The summed E-state index contributed by atoms with van der Waals surface area (Å²) >= 11 is 0. The predicted octanol–water partition coefficient (Wildman–Crippen LogP) is 3.56. The molecule has 0 aromatic heterocycles. The molecule has 2 amide bonds. The lowest BCUT2D eigenvalue weighted by Crippen LogP contribution is -2.49. The number of amides is 2. The quantitative estimate of drug-likeness (QED) is 0.624. The number of nitrogens with zero attached hydrogens (tertiary/aromatic N) is 1. The number of halogens is 1. The van der Waals surface area contributed by atoms with Crippen molar-refractivity contribution in [1.29, 1.82) is 5.26 Å². The molecule has 3 N–H and O–H groups in total. The van der Waals surface area contributed by atoms with Gasteiger partial charge in [-0.25, -0.2) is 4.39 Å². The summed E-state index contributed by atoms with van der Waals surface area (Å²) in [5.41, 5.74) is 4.34. The first-order valence-electron chi connectivity index (χ1n) is 11.5. The van der Waals surface area contributed by atoms with Crippen LogP contribution in [-0.2, 0) is 22.4 Å². The highest BCUT2D eigenvalue weighted by molar-refractivity contribution is 5.99. The molecule has 1 saturated heterocycles. The van der Waals surface area contributed by atoms with Gasteiger partial charge in [0.2, 0.25) is 11.8 Å². The first kappa shape index (κ1) is 22.9. The number of nitriles is 1. The van der Waals surface area contributed by atoms with Crippen LogP contribution in [0.3, 0.4) is 0 Å². The number of piperidine rings is 1. The maximum Gasteiger partial charge on any atom is 0.238 e. The van der Waals surface area contributed by atoms with Gasteiger partial charge < -0.3 is 16.0 Å². The molecular formula is C26H29FN4O2. The van der Waals surface area contributed by atoms with Crippen LogP contribution in [0.2, 0.25) is 0 Å². The number of carbonyl (C=O) groups excluding carboxylic acids is 2. The van der Waals surface area contributed by atoms with Crippen LogP contribution in [0.5, 0.6) is 0 Å². The average molecular weight is 449 g/mol. The minimum atomic E-state index is -0.172. The minimum Gasteiger partial charge on any atom is -0.342 e. The van der Waals surface area contributed by atoms with Gasteiger partial charge in [-0.1, -0.05) is 32.0 Å². The van der Waals surface area contributed by atoms with Gasteiger partial charge in [-0.05, 0) is 71.6 Å². The van der Waals surface area contributed by atoms with Crippen molar-refractivity contribution in [3.05, 3.63) is 53.3 Å². The largest absolute Gasteiger partial charge is 0.342 e. The third-order valence-electron chi connectivity index (χ3n) is 6.91. The van der Waals surface area contributed by atoms with Crippen molar-refractivity contribution in [3.63, 3.8) is 0 Å². The van der Waals surface area contributed by atoms with Crippen LogP contribution in [0.15, 0.2) is 36.4 Å². The van der Waals surface area contributed by atoms with E-state index in [0.29, 0.717) is 30.7 Å². The van der Waals surface area contributed by atoms with Crippen LogP contribution in [0.4, 0.5) is 10.1 Å². The third-order valence-corrected chi connectivity index (χ3v) is 6.91. The summed E-state index contributed by atoms with van der Waals surface area (Å²) in [6, 6.07) is 13.4. The van der Waals surface area contributed by atoms with Crippen molar-refractivity contribution in [2.24, 2.45) is 11.8 Å². The highest BCUT2D eigenvalue weighted by Crippen LogP contribution is 2.40. The normalized spacial score (nSPS) is 24.4. The second-order valence-corrected chi connectivity index (χ2v) is 9.09. The van der Waals surface area contributed by atoms with E-state index < -0.39 is 0 Å². The van der Waals surface area contributed by atoms with Gasteiger partial charge in [-0.2, -0.15) is 5.26 Å². The summed E-state index contributed by atoms with van der Waals surface area (Å²) in [5, 5.41) is 17.1. The van der Waals surface area contributed by atoms with Crippen molar-refractivity contribution in [2.45, 2.75) is 51.6 Å². The van der Waals surface area contributed by atoms with Crippen LogP contribution in [0.1, 0.15) is 37.8 Å². The molecular weight excluding hydrogens is 419 g/mol. The fourth-order valence-corrected chi connectivity index (χ4v) is 5.19. The van der Waals surface area contributed by atoms with E-state index in [-0.39, 0.29) is 30.2 Å². The van der Waals surface area contributed by atoms with Gasteiger partial charge in [-0.3, -0.25) is 9.59 Å². The lowest BCUT2D eigenvalue weighted by molar-refractivity contribution is -0.124. The van der Waals surface area contributed by atoms with Crippen LogP contribution < -0.4 is 16.0 Å². The molecule has 2 aromatic rings. The summed E-state index contributed by atoms with van der Waals surface area (Å²) in [6.07, 6.45) is 3.39. The van der Waals surface area contributed by atoms with Crippen molar-refractivity contribution in [2.75, 3.05) is 11.9 Å². The van der Waals surface area contributed by atoms with E-state index in [1.807, 2.05) is 43.3 Å². The van der Waals surface area contributed by atoms with E-state index in [4.69, 9.17) is 5.26 Å². The number of nitrogens with one attached hydrogen (secondary N) is 3. The lowest BCUT2D eigenvalue weighted by Gasteiger charge is -2.26. The number of anilines is 1. The Balaban J connectivity index is 0.000000165. The molecule has 0 radical (unpaired) electrons. The first-order chi connectivity index (χ1) is 15.9. The number of hydrogen-bond donors (Lipinski definition) is 3. The van der Waals surface area contributed by atoms with Crippen molar-refractivity contribution >= 4 is 17.5 Å². The number of carbonyl (C=O) groups is 2. The maximum atomic E-state index is 13.8. The molecule has 33 heavy (non-hydrogen) atoms. The molecule has 2 bridgehead atoms. The molecule has 2 aliphatic heterocycles. The van der Waals surface area contributed by atoms with Crippen LogP contribution in [0.25, 0.3) is 11.1 Å². The van der Waals surface area contributed by atoms with Crippen molar-refractivity contribution in [1.82, 2.24) is 10.6 Å². The van der Waals surface area contributed by atoms with Crippen LogP contribution in [0, 0.1) is 29.0 Å². The Bertz CT molecular complexity index is 1110. The zero-order valence-electron chi connectivity index (χ0n) is 19.0. The molecule has 2 aromatic carbocycles. The Labute approximate surface area is 193 Å². The summed E-state index contributed by atoms with van der Waals surface area (Å²) in [5.74, 6) is 0.942. The molecule has 2 fully saturated rings. The second kappa shape index (κ2) is 9.72. The standard InChI is InChI=1S/C16H14FNO.C10H15N3O/c1-2-10-3-4-12(8-14(10)17)11-5-6-15-13(7-11)9-16(19)18-15;1-6-4-7-5-8(6)9(13-7)10(14)12-3-2-11/h3-8H,2,9H2,1H3,(H,18,19);6-9,13H,3-5H2,1H3,(H,12,14). The Kier molecular flexibility index (Phi) is 6.75. The highest BCUT2D eigenvalue weighted by atomic mass is 19.1. The maximum absolute atomic E-state index is 13.8. The van der Waals surface area contributed by atoms with Gasteiger partial charge in [0.1, 0.15) is 12.4 Å². The fourth-order valence-electron chi connectivity index (χ4n) is 5.19. The first-order valence-corrected chi connectivity index (χ1v) is 11.5. The summed E-state index contributed by atoms with van der Waals surface area (Å²) in [7, 11) is 0. The van der Waals surface area contributed by atoms with Gasteiger partial charge in [0.25, 0.3) is 0 Å². The number of hydrogen-bond acceptors (Lipinski definition) is 4. The molecule has 1 aliphatic carbocycles. The van der Waals surface area contributed by atoms with Gasteiger partial charge in [-0.15, -0.1) is 0 Å². The van der Waals surface area contributed by atoms with Crippen molar-refractivity contribution < 1.29 is 14.0 Å². The van der Waals surface area contributed by atoms with Gasteiger partial charge >= 0.3 is 0 Å². The Morgan fingerprint density at radius 3 is 2.64 bits per heavy atom. The van der Waals surface area contributed by atoms with E-state index in [9.17, 15) is 14.0 Å². The van der Waals surface area contributed by atoms with Gasteiger partial charge in [0.15, 0.2) is 0 Å². The fraction of sp³-hybridized carbons (Fsp3) is 0.423. The number of fused-ring (bicyclic) bond motifs is 3. The summed E-state index contributed by atoms with van der Waals surface area (Å²) < 4.78 is 13.8. The Morgan fingerprint density at radius 2 is 1.97 bits per heavy atom. The lowest BCUT2D eigenvalue weighted by atomic mass is 9.90. The second-order valence-electron chi connectivity index (χ2n) is 9.09. The van der Waals surface area contributed by atoms with E-state index in [2.05, 4.69) is 22.9 Å². The average Bonchev–Trinajstić information content (AvgIpc) is 3.49. The van der Waals surface area contributed by atoms with Crippen LogP contribution in [-0.4, -0.2) is 30.4 Å². The van der Waals surface area contributed by atoms with E-state index >= 15 is 0 Å². The topological polar surface area (TPSA) is 94.0 Å². The molecule has 4 atom stereocenters. The Morgan fingerprint density at radius 1 is 1.21 bits per heavy atom. The van der Waals surface area contributed by atoms with E-state index in [0.717, 1.165) is 34.4 Å². The molecule has 3 aliphatic rings. The van der Waals surface area contributed by atoms with E-state index in [1.165, 1.54) is 6.42 Å². The molecule has 5 rings (SSSR count). The monoisotopic (exact) mass is 448 g/mol. The predicted molar refractivity (Wildman–Crippen MR) is 125 cm³/mol. The SMILES string of the molecule is CC1CC2CC1C(C(=O)NCC#N)N2.CCc1ccc(-c2ccc3c(c2)CC(=O)N3)cc1F. The Hall–Kier alpha value is -3.24. The summed E-state index contributed by atoms with van der Waals surface area (Å²) in [6.45, 7) is 4.25. The number of rotatable bonds is 4. The van der Waals surface area contributed by atoms with Crippen LogP contribution >= 0.6 is 0 Å². The number of benzene rings is 2. The molecule has 2 heterocycles. The molecule has 1 saturated carbocycles. The zero-order valence-corrected chi connectivity index (χ0v) is 19.0. The number of aryl methyl sites for hydroxylation is 1. The highest BCUT2D eigenvalue weighted by Gasteiger charge is 2.46. The van der Waals surface area contributed by atoms with Gasteiger partial charge in [0.05, 0.1) is 18.5 Å². The molecule has 6 nitrogen and oxygen atoms in total. The minimum absolute atomic E-state index is 0.00870. The van der Waals surface area contributed by atoms with Gasteiger partial charge in [0, 0.05) is 11.7 Å². The van der Waals surface area contributed by atoms with Crippen molar-refractivity contribution in [3.8, 4) is 17.2 Å². The molecule has 172 valence electrons. The summed E-state index contributed by atoms with van der Waals surface area (Å²) in [4.78, 5) is 22.9. The smallest absolute Gasteiger partial charge is 0.238 e.